The molecule has 6 nitrogen and oxygen atoms in total. The number of carbonyl (C=O) groups is 2. The molecule has 0 aliphatic rings. The number of methoxy groups -OCH3 is 1. The van der Waals surface area contributed by atoms with Gasteiger partial charge in [0.2, 0.25) is 5.91 Å². The number of amides is 1. The van der Waals surface area contributed by atoms with E-state index >= 15 is 0 Å². The minimum atomic E-state index is -2.77. The van der Waals surface area contributed by atoms with Gasteiger partial charge in [-0.3, -0.25) is 9.36 Å². The number of alkyl halides is 2. The Morgan fingerprint density at radius 2 is 2.12 bits per heavy atom. The van der Waals surface area contributed by atoms with Gasteiger partial charge in [0.1, 0.15) is 4.88 Å². The molecule has 10 heteroatoms. The topological polar surface area (TPSA) is 73.2 Å². The van der Waals surface area contributed by atoms with E-state index in [1.807, 2.05) is 0 Å². The van der Waals surface area contributed by atoms with Crippen LogP contribution < -0.4 is 5.32 Å². The number of imidazole rings is 1. The number of benzene rings is 1. The highest BCUT2D eigenvalue weighted by Crippen LogP contribution is 2.29. The van der Waals surface area contributed by atoms with Gasteiger partial charge in [-0.05, 0) is 23.6 Å². The van der Waals surface area contributed by atoms with Crippen molar-refractivity contribution in [2.45, 2.75) is 11.7 Å². The Labute approximate surface area is 155 Å². The number of nitrogens with zero attached hydrogens (tertiary/aromatic N) is 2. The number of para-hydroxylation sites is 2. The molecule has 0 bridgehead atoms. The number of esters is 1. The van der Waals surface area contributed by atoms with Gasteiger partial charge in [-0.2, -0.15) is 8.78 Å². The first kappa shape index (κ1) is 18.3. The van der Waals surface area contributed by atoms with Crippen LogP contribution in [0.5, 0.6) is 0 Å². The molecule has 2 heterocycles. The number of anilines is 1. The Bertz CT molecular complexity index is 955. The quantitative estimate of drug-likeness (QED) is 0.503. The van der Waals surface area contributed by atoms with E-state index in [2.05, 4.69) is 15.0 Å². The second-order valence-electron chi connectivity index (χ2n) is 5.02. The Morgan fingerprint density at radius 1 is 1.35 bits per heavy atom. The highest BCUT2D eigenvalue weighted by Gasteiger charge is 2.20. The number of thiophene rings is 1. The van der Waals surface area contributed by atoms with E-state index in [0.29, 0.717) is 16.7 Å². The molecule has 0 fully saturated rings. The molecule has 1 aromatic carbocycles. The molecule has 0 saturated carbocycles. The van der Waals surface area contributed by atoms with Crippen LogP contribution in [0.1, 0.15) is 16.2 Å². The molecule has 0 aliphatic heterocycles. The Balaban J connectivity index is 1.72. The third-order valence-corrected chi connectivity index (χ3v) is 5.25. The summed E-state index contributed by atoms with van der Waals surface area (Å²) in [4.78, 5) is 28.2. The maximum Gasteiger partial charge on any atom is 0.350 e. The number of halogens is 2. The smallest absolute Gasteiger partial charge is 0.350 e. The van der Waals surface area contributed by atoms with Gasteiger partial charge in [-0.15, -0.1) is 11.3 Å². The number of hydrogen-bond donors (Lipinski definition) is 1. The fraction of sp³-hybridized carbons (Fsp3) is 0.188. The first-order chi connectivity index (χ1) is 12.5. The minimum absolute atomic E-state index is 0.0508. The molecule has 0 unspecified atom stereocenters. The summed E-state index contributed by atoms with van der Waals surface area (Å²) in [6.07, 6.45) is 0. The average molecular weight is 397 g/mol. The number of carbonyl (C=O) groups excluding carboxylic acids is 2. The summed E-state index contributed by atoms with van der Waals surface area (Å²) in [7, 11) is 1.25. The van der Waals surface area contributed by atoms with Crippen molar-refractivity contribution in [2.75, 3.05) is 18.2 Å². The molecule has 0 spiro atoms. The number of ether oxygens (including phenoxy) is 1. The van der Waals surface area contributed by atoms with Gasteiger partial charge >= 0.3 is 12.5 Å². The van der Waals surface area contributed by atoms with Gasteiger partial charge in [-0.1, -0.05) is 23.9 Å². The average Bonchev–Trinajstić information content (AvgIpc) is 3.23. The maximum absolute atomic E-state index is 13.4. The van der Waals surface area contributed by atoms with Gasteiger partial charge in [0.05, 0.1) is 29.6 Å². The van der Waals surface area contributed by atoms with E-state index in [0.717, 1.165) is 27.7 Å². The third kappa shape index (κ3) is 3.70. The van der Waals surface area contributed by atoms with Crippen molar-refractivity contribution < 1.29 is 23.1 Å². The molecule has 0 aliphatic carbocycles. The molecular formula is C16H13F2N3O3S2. The molecule has 1 amide bonds. The van der Waals surface area contributed by atoms with Crippen LogP contribution >= 0.6 is 23.1 Å². The summed E-state index contributed by atoms with van der Waals surface area (Å²) in [6.45, 7) is -2.77. The SMILES string of the molecule is COC(=O)c1sccc1NC(=O)CSc1nc2ccccc2n1C(F)F. The van der Waals surface area contributed by atoms with Crippen molar-refractivity contribution in [3.05, 3.63) is 40.6 Å². The zero-order chi connectivity index (χ0) is 18.7. The Morgan fingerprint density at radius 3 is 2.85 bits per heavy atom. The van der Waals surface area contributed by atoms with Gasteiger partial charge in [-0.25, -0.2) is 9.78 Å². The van der Waals surface area contributed by atoms with Crippen molar-refractivity contribution in [3.63, 3.8) is 0 Å². The number of hydrogen-bond acceptors (Lipinski definition) is 6. The number of rotatable bonds is 6. The van der Waals surface area contributed by atoms with Gasteiger partial charge in [0.15, 0.2) is 5.16 Å². The maximum atomic E-state index is 13.4. The van der Waals surface area contributed by atoms with E-state index in [-0.39, 0.29) is 15.8 Å². The van der Waals surface area contributed by atoms with Crippen molar-refractivity contribution in [1.29, 1.82) is 0 Å². The molecule has 2 aromatic heterocycles. The predicted octanol–water partition coefficient (Wildman–Crippen LogP) is 4.01. The highest BCUT2D eigenvalue weighted by atomic mass is 32.2. The zero-order valence-corrected chi connectivity index (χ0v) is 15.1. The summed E-state index contributed by atoms with van der Waals surface area (Å²) in [5, 5.41) is 4.28. The van der Waals surface area contributed by atoms with Crippen molar-refractivity contribution in [2.24, 2.45) is 0 Å². The van der Waals surface area contributed by atoms with Crippen LogP contribution in [0.2, 0.25) is 0 Å². The fourth-order valence-corrected chi connectivity index (χ4v) is 3.87. The second kappa shape index (κ2) is 7.83. The largest absolute Gasteiger partial charge is 0.465 e. The fourth-order valence-electron chi connectivity index (χ4n) is 2.29. The molecule has 0 saturated heterocycles. The van der Waals surface area contributed by atoms with Crippen molar-refractivity contribution >= 4 is 51.7 Å². The van der Waals surface area contributed by atoms with Crippen LogP contribution in [0.15, 0.2) is 40.9 Å². The molecule has 0 atom stereocenters. The van der Waals surface area contributed by atoms with Crippen molar-refractivity contribution in [3.8, 4) is 0 Å². The zero-order valence-electron chi connectivity index (χ0n) is 13.4. The normalized spacial score (nSPS) is 11.1. The number of fused-ring (bicyclic) bond motifs is 1. The highest BCUT2D eigenvalue weighted by molar-refractivity contribution is 7.99. The third-order valence-electron chi connectivity index (χ3n) is 3.40. The van der Waals surface area contributed by atoms with Crippen LogP contribution in [0.3, 0.4) is 0 Å². The summed E-state index contributed by atoms with van der Waals surface area (Å²) >= 11 is 2.03. The lowest BCUT2D eigenvalue weighted by Gasteiger charge is -2.08. The van der Waals surface area contributed by atoms with Crippen LogP contribution in [0.4, 0.5) is 14.5 Å². The Hall–Kier alpha value is -2.46. The molecule has 1 N–H and O–H groups in total. The summed E-state index contributed by atoms with van der Waals surface area (Å²) in [5.41, 5.74) is 1.06. The summed E-state index contributed by atoms with van der Waals surface area (Å²) in [5.74, 6) is -1.12. The molecule has 0 radical (unpaired) electrons. The lowest BCUT2D eigenvalue weighted by molar-refractivity contribution is -0.113. The van der Waals surface area contributed by atoms with Crippen LogP contribution in [-0.4, -0.2) is 34.3 Å². The second-order valence-corrected chi connectivity index (χ2v) is 6.88. The predicted molar refractivity (Wildman–Crippen MR) is 96.0 cm³/mol. The van der Waals surface area contributed by atoms with Crippen LogP contribution in [0, 0.1) is 0 Å². The van der Waals surface area contributed by atoms with E-state index in [1.54, 1.807) is 35.7 Å². The van der Waals surface area contributed by atoms with Gasteiger partial charge < -0.3 is 10.1 Å². The summed E-state index contributed by atoms with van der Waals surface area (Å²) < 4.78 is 32.2. The van der Waals surface area contributed by atoms with E-state index in [1.165, 1.54) is 7.11 Å². The van der Waals surface area contributed by atoms with Crippen LogP contribution in [-0.2, 0) is 9.53 Å². The van der Waals surface area contributed by atoms with E-state index < -0.39 is 18.4 Å². The lowest BCUT2D eigenvalue weighted by Crippen LogP contribution is -2.16. The number of thioether (sulfide) groups is 1. The molecular weight excluding hydrogens is 384 g/mol. The first-order valence-corrected chi connectivity index (χ1v) is 9.21. The number of nitrogens with one attached hydrogen (secondary N) is 1. The summed E-state index contributed by atoms with van der Waals surface area (Å²) in [6, 6.07) is 8.11. The minimum Gasteiger partial charge on any atom is -0.465 e. The molecule has 136 valence electrons. The molecule has 3 aromatic rings. The van der Waals surface area contributed by atoms with Crippen LogP contribution in [0.25, 0.3) is 11.0 Å². The van der Waals surface area contributed by atoms with E-state index in [4.69, 9.17) is 0 Å². The molecule has 3 rings (SSSR count). The lowest BCUT2D eigenvalue weighted by atomic mass is 10.3. The Kier molecular flexibility index (Phi) is 5.52. The standard InChI is InChI=1S/C16H13F2N3O3S2/c1-24-14(23)13-10(6-7-25-13)19-12(22)8-26-16-20-9-4-2-3-5-11(9)21(16)15(17)18/h2-7,15H,8H2,1H3,(H,19,22). The monoisotopic (exact) mass is 397 g/mol. The number of aromatic nitrogens is 2. The van der Waals surface area contributed by atoms with E-state index in [9.17, 15) is 18.4 Å². The van der Waals surface area contributed by atoms with Gasteiger partial charge in [0.25, 0.3) is 0 Å². The van der Waals surface area contributed by atoms with Gasteiger partial charge in [0, 0.05) is 0 Å². The molecule has 26 heavy (non-hydrogen) atoms. The van der Waals surface area contributed by atoms with Crippen molar-refractivity contribution in [1.82, 2.24) is 9.55 Å². The first-order valence-electron chi connectivity index (χ1n) is 7.35.